The molecule has 0 amide bonds. The normalized spacial score (nSPS) is 17.2. The zero-order valence-electron chi connectivity index (χ0n) is 8.19. The molecule has 0 aliphatic carbocycles. The molecule has 1 aliphatic heterocycles. The Bertz CT molecular complexity index is 233. The van der Waals surface area contributed by atoms with Gasteiger partial charge in [0.15, 0.2) is 0 Å². The van der Waals surface area contributed by atoms with E-state index in [1.54, 1.807) is 0 Å². The van der Waals surface area contributed by atoms with E-state index in [1.807, 2.05) is 19.1 Å². The fraction of sp³-hybridized carbons (Fsp3) is 0.500. The van der Waals surface area contributed by atoms with Gasteiger partial charge in [-0.15, -0.1) is 5.98 Å². The fourth-order valence-corrected chi connectivity index (χ4v) is 1.56. The number of ether oxygens (including phenoxy) is 1. The standard InChI is InChI=1S/C10H15BO2/c1-3-10(13-9(2)12)11-7-5-4-6-8-11/h4-7,10H,3,8H2,1-2H3. The Morgan fingerprint density at radius 2 is 2.38 bits per heavy atom. The first-order valence-electron chi connectivity index (χ1n) is 4.74. The van der Waals surface area contributed by atoms with Crippen molar-refractivity contribution >= 4 is 12.7 Å². The van der Waals surface area contributed by atoms with Gasteiger partial charge in [0, 0.05) is 6.92 Å². The summed E-state index contributed by atoms with van der Waals surface area (Å²) in [7, 11) is 0. The molecular weight excluding hydrogens is 163 g/mol. The Morgan fingerprint density at radius 1 is 1.62 bits per heavy atom. The predicted octanol–water partition coefficient (Wildman–Crippen LogP) is 2.03. The molecule has 1 heterocycles. The van der Waals surface area contributed by atoms with E-state index in [0.29, 0.717) is 6.71 Å². The molecule has 70 valence electrons. The number of carbonyl (C=O) groups excluding carboxylic acids is 1. The average molecular weight is 178 g/mol. The van der Waals surface area contributed by atoms with Crippen molar-refractivity contribution in [1.29, 1.82) is 0 Å². The Morgan fingerprint density at radius 3 is 2.85 bits per heavy atom. The molecule has 0 N–H and O–H groups in total. The molecule has 0 aromatic rings. The number of esters is 1. The minimum absolute atomic E-state index is 0.0405. The van der Waals surface area contributed by atoms with Crippen LogP contribution in [0.5, 0.6) is 0 Å². The lowest BCUT2D eigenvalue weighted by Gasteiger charge is -2.20. The summed E-state index contributed by atoms with van der Waals surface area (Å²) in [6.07, 6.45) is 8.00. The summed E-state index contributed by atoms with van der Waals surface area (Å²) in [4.78, 5) is 10.8. The second-order valence-corrected chi connectivity index (χ2v) is 3.27. The third-order valence-electron chi connectivity index (χ3n) is 2.21. The first kappa shape index (κ1) is 10.1. The highest BCUT2D eigenvalue weighted by molar-refractivity contribution is 6.66. The van der Waals surface area contributed by atoms with Crippen LogP contribution < -0.4 is 0 Å². The van der Waals surface area contributed by atoms with Crippen molar-refractivity contribution < 1.29 is 9.53 Å². The maximum absolute atomic E-state index is 10.8. The van der Waals surface area contributed by atoms with Crippen LogP contribution in [-0.4, -0.2) is 18.7 Å². The van der Waals surface area contributed by atoms with Gasteiger partial charge in [-0.1, -0.05) is 25.2 Å². The largest absolute Gasteiger partial charge is 0.471 e. The van der Waals surface area contributed by atoms with Gasteiger partial charge in [-0.05, 0) is 12.7 Å². The maximum Gasteiger partial charge on any atom is 0.302 e. The molecule has 0 fully saturated rings. The quantitative estimate of drug-likeness (QED) is 0.488. The van der Waals surface area contributed by atoms with E-state index < -0.39 is 0 Å². The Hall–Kier alpha value is -0.985. The molecular formula is C10H15BO2. The Labute approximate surface area is 79.7 Å². The third-order valence-corrected chi connectivity index (χ3v) is 2.21. The number of hydrogen-bond donors (Lipinski definition) is 0. The second-order valence-electron chi connectivity index (χ2n) is 3.27. The van der Waals surface area contributed by atoms with Gasteiger partial charge >= 0.3 is 5.97 Å². The maximum atomic E-state index is 10.8. The van der Waals surface area contributed by atoms with E-state index in [0.717, 1.165) is 12.7 Å². The molecule has 0 saturated carbocycles. The van der Waals surface area contributed by atoms with Gasteiger partial charge in [-0.25, -0.2) is 0 Å². The van der Waals surface area contributed by atoms with Gasteiger partial charge in [0.05, 0.1) is 6.00 Å². The van der Waals surface area contributed by atoms with Gasteiger partial charge in [0.25, 0.3) is 0 Å². The van der Waals surface area contributed by atoms with Crippen LogP contribution in [0.25, 0.3) is 0 Å². The van der Waals surface area contributed by atoms with E-state index in [4.69, 9.17) is 4.74 Å². The summed E-state index contributed by atoms with van der Waals surface area (Å²) in [5, 5.41) is 0. The minimum Gasteiger partial charge on any atom is -0.471 e. The molecule has 1 unspecified atom stereocenters. The molecule has 0 aromatic carbocycles. The molecule has 1 atom stereocenters. The lowest BCUT2D eigenvalue weighted by Crippen LogP contribution is -2.33. The average Bonchev–Trinajstić information content (AvgIpc) is 2.15. The first-order chi connectivity index (χ1) is 6.24. The molecule has 0 aromatic heterocycles. The van der Waals surface area contributed by atoms with Crippen molar-refractivity contribution in [3.63, 3.8) is 0 Å². The molecule has 3 heteroatoms. The smallest absolute Gasteiger partial charge is 0.302 e. The first-order valence-corrected chi connectivity index (χ1v) is 4.74. The van der Waals surface area contributed by atoms with Gasteiger partial charge < -0.3 is 4.74 Å². The zero-order chi connectivity index (χ0) is 9.68. The van der Waals surface area contributed by atoms with E-state index in [2.05, 4.69) is 12.1 Å². The number of allylic oxidation sites excluding steroid dienone is 3. The monoisotopic (exact) mass is 178 g/mol. The SMILES string of the molecule is CCC(OC(C)=O)B1C=CC=CC1. The van der Waals surface area contributed by atoms with Gasteiger partial charge in [0.1, 0.15) is 0 Å². The lowest BCUT2D eigenvalue weighted by atomic mass is 9.41. The molecule has 1 rings (SSSR count). The third kappa shape index (κ3) is 3.09. The molecule has 0 bridgehead atoms. The van der Waals surface area contributed by atoms with E-state index >= 15 is 0 Å². The molecule has 13 heavy (non-hydrogen) atoms. The molecule has 0 saturated heterocycles. The van der Waals surface area contributed by atoms with Crippen molar-refractivity contribution in [1.82, 2.24) is 0 Å². The summed E-state index contributed by atoms with van der Waals surface area (Å²) in [5.74, 6) is 1.92. The summed E-state index contributed by atoms with van der Waals surface area (Å²) < 4.78 is 5.21. The highest BCUT2D eigenvalue weighted by Gasteiger charge is 2.23. The van der Waals surface area contributed by atoms with Crippen LogP contribution in [0, 0.1) is 0 Å². The fourth-order valence-electron chi connectivity index (χ4n) is 1.56. The summed E-state index contributed by atoms with van der Waals surface area (Å²) in [6.45, 7) is 3.86. The Kier molecular flexibility index (Phi) is 3.81. The second kappa shape index (κ2) is 4.90. The number of carbonyl (C=O) groups is 1. The summed E-state index contributed by atoms with van der Waals surface area (Å²) in [6, 6.07) is 0.0405. The van der Waals surface area contributed by atoms with Crippen LogP contribution >= 0.6 is 0 Å². The van der Waals surface area contributed by atoms with Crippen LogP contribution in [0.15, 0.2) is 24.2 Å². The van der Waals surface area contributed by atoms with Crippen LogP contribution in [0.2, 0.25) is 6.32 Å². The predicted molar refractivity (Wildman–Crippen MR) is 54.7 cm³/mol. The lowest BCUT2D eigenvalue weighted by molar-refractivity contribution is -0.143. The number of rotatable bonds is 3. The highest BCUT2D eigenvalue weighted by Crippen LogP contribution is 2.13. The summed E-state index contributed by atoms with van der Waals surface area (Å²) >= 11 is 0. The zero-order valence-corrected chi connectivity index (χ0v) is 8.19. The van der Waals surface area contributed by atoms with Crippen molar-refractivity contribution in [2.24, 2.45) is 0 Å². The molecule has 1 aliphatic rings. The topological polar surface area (TPSA) is 26.3 Å². The van der Waals surface area contributed by atoms with E-state index in [9.17, 15) is 4.79 Å². The van der Waals surface area contributed by atoms with Crippen LogP contribution in [0.4, 0.5) is 0 Å². The van der Waals surface area contributed by atoms with Gasteiger partial charge in [-0.3, -0.25) is 4.79 Å². The molecule has 0 radical (unpaired) electrons. The minimum atomic E-state index is -0.185. The molecule has 0 spiro atoms. The van der Waals surface area contributed by atoms with Crippen molar-refractivity contribution in [3.8, 4) is 0 Å². The molecule has 2 nitrogen and oxygen atoms in total. The van der Waals surface area contributed by atoms with E-state index in [-0.39, 0.29) is 12.0 Å². The highest BCUT2D eigenvalue weighted by atomic mass is 16.5. The van der Waals surface area contributed by atoms with Gasteiger partial charge in [0.2, 0.25) is 6.71 Å². The number of hydrogen-bond acceptors (Lipinski definition) is 2. The van der Waals surface area contributed by atoms with Crippen LogP contribution in [0.3, 0.4) is 0 Å². The van der Waals surface area contributed by atoms with Crippen molar-refractivity contribution in [2.75, 3.05) is 0 Å². The van der Waals surface area contributed by atoms with Crippen LogP contribution in [0.1, 0.15) is 20.3 Å². The Balaban J connectivity index is 2.50. The van der Waals surface area contributed by atoms with Crippen LogP contribution in [-0.2, 0) is 9.53 Å². The van der Waals surface area contributed by atoms with E-state index in [1.165, 1.54) is 6.92 Å². The van der Waals surface area contributed by atoms with Crippen molar-refractivity contribution in [2.45, 2.75) is 32.6 Å². The van der Waals surface area contributed by atoms with Gasteiger partial charge in [-0.2, -0.15) is 0 Å². The van der Waals surface area contributed by atoms with Crippen molar-refractivity contribution in [3.05, 3.63) is 24.2 Å². The summed E-state index contributed by atoms with van der Waals surface area (Å²) in [5.41, 5.74) is 0.